The molecule has 3 aromatic heterocycles. The molecule has 0 unspecified atom stereocenters. The zero-order valence-electron chi connectivity index (χ0n) is 13.9. The Bertz CT molecular complexity index is 1120. The number of anilines is 1. The first-order valence-corrected chi connectivity index (χ1v) is 9.37. The van der Waals surface area contributed by atoms with Gasteiger partial charge in [0.2, 0.25) is 5.91 Å². The van der Waals surface area contributed by atoms with Gasteiger partial charge in [-0.15, -0.1) is 11.3 Å². The predicted molar refractivity (Wildman–Crippen MR) is 101 cm³/mol. The van der Waals surface area contributed by atoms with Gasteiger partial charge in [-0.2, -0.15) is 0 Å². The van der Waals surface area contributed by atoms with Crippen LogP contribution in [0.4, 0.5) is 5.82 Å². The van der Waals surface area contributed by atoms with Crippen LogP contribution in [0.3, 0.4) is 0 Å². The van der Waals surface area contributed by atoms with Crippen LogP contribution in [-0.2, 0) is 17.8 Å². The van der Waals surface area contributed by atoms with E-state index in [1.807, 2.05) is 29.2 Å². The summed E-state index contributed by atoms with van der Waals surface area (Å²) >= 11 is 1.77. The maximum absolute atomic E-state index is 12.6. The second kappa shape index (κ2) is 6.10. The topological polar surface area (TPSA) is 71.3 Å². The number of furan rings is 1. The van der Waals surface area contributed by atoms with Crippen LogP contribution < -0.4 is 5.32 Å². The van der Waals surface area contributed by atoms with Gasteiger partial charge in [0, 0.05) is 23.4 Å². The van der Waals surface area contributed by atoms with Gasteiger partial charge in [0.15, 0.2) is 11.4 Å². The third-order valence-electron chi connectivity index (χ3n) is 4.73. The van der Waals surface area contributed by atoms with Gasteiger partial charge in [-0.3, -0.25) is 4.79 Å². The molecule has 26 heavy (non-hydrogen) atoms. The van der Waals surface area contributed by atoms with Gasteiger partial charge >= 0.3 is 0 Å². The molecule has 6 nitrogen and oxygen atoms in total. The van der Waals surface area contributed by atoms with E-state index in [9.17, 15) is 4.79 Å². The summed E-state index contributed by atoms with van der Waals surface area (Å²) in [6.45, 7) is 1.63. The lowest BCUT2D eigenvalue weighted by Crippen LogP contribution is -2.38. The first-order chi connectivity index (χ1) is 12.8. The standard InChI is InChI=1S/C19H16N4O2S/c24-16(23-7-5-15-12(10-23)6-8-26-15)9-20-19-18-17(21-11-22-19)13-3-1-2-4-14(13)25-18/h1-4,6,8,11H,5,7,9-10H2,(H,20,21,22). The summed E-state index contributed by atoms with van der Waals surface area (Å²) < 4.78 is 5.89. The molecule has 1 N–H and O–H groups in total. The highest BCUT2D eigenvalue weighted by atomic mass is 32.1. The molecule has 0 spiro atoms. The van der Waals surface area contributed by atoms with Crippen molar-refractivity contribution < 1.29 is 9.21 Å². The van der Waals surface area contributed by atoms with Crippen molar-refractivity contribution in [2.24, 2.45) is 0 Å². The Morgan fingerprint density at radius 1 is 1.27 bits per heavy atom. The van der Waals surface area contributed by atoms with Gasteiger partial charge in [0.1, 0.15) is 17.4 Å². The summed E-state index contributed by atoms with van der Waals surface area (Å²) in [5.74, 6) is 0.609. The number of benzene rings is 1. The molecule has 0 saturated heterocycles. The summed E-state index contributed by atoms with van der Waals surface area (Å²) in [7, 11) is 0. The Morgan fingerprint density at radius 2 is 2.19 bits per heavy atom. The Labute approximate surface area is 153 Å². The fourth-order valence-corrected chi connectivity index (χ4v) is 4.27. The molecule has 1 amide bonds. The van der Waals surface area contributed by atoms with Crippen LogP contribution in [0.1, 0.15) is 10.4 Å². The molecule has 0 atom stereocenters. The van der Waals surface area contributed by atoms with Crippen molar-refractivity contribution in [1.82, 2.24) is 14.9 Å². The average molecular weight is 364 g/mol. The van der Waals surface area contributed by atoms with Gasteiger partial charge in [0.25, 0.3) is 0 Å². The molecule has 130 valence electrons. The predicted octanol–water partition coefficient (Wildman–Crippen LogP) is 3.43. The SMILES string of the molecule is O=C(CNc1ncnc2c1oc1ccccc12)N1CCc2sccc2C1. The number of thiophene rings is 1. The number of nitrogens with one attached hydrogen (secondary N) is 1. The monoisotopic (exact) mass is 364 g/mol. The number of aromatic nitrogens is 2. The van der Waals surface area contributed by atoms with Crippen molar-refractivity contribution in [3.05, 3.63) is 52.5 Å². The minimum absolute atomic E-state index is 0.0599. The number of carbonyl (C=O) groups excluding carboxylic acids is 1. The zero-order chi connectivity index (χ0) is 17.5. The lowest BCUT2D eigenvalue weighted by molar-refractivity contribution is -0.130. The minimum Gasteiger partial charge on any atom is -0.450 e. The third kappa shape index (κ3) is 2.52. The van der Waals surface area contributed by atoms with E-state index in [-0.39, 0.29) is 12.5 Å². The number of para-hydroxylation sites is 1. The molecule has 4 aromatic rings. The number of amides is 1. The van der Waals surface area contributed by atoms with E-state index in [0.717, 1.165) is 29.5 Å². The van der Waals surface area contributed by atoms with E-state index in [0.29, 0.717) is 17.9 Å². The van der Waals surface area contributed by atoms with Crippen molar-refractivity contribution in [3.63, 3.8) is 0 Å². The maximum Gasteiger partial charge on any atom is 0.242 e. The average Bonchev–Trinajstić information content (AvgIpc) is 3.30. The van der Waals surface area contributed by atoms with Crippen LogP contribution in [0.25, 0.3) is 22.1 Å². The minimum atomic E-state index is 0.0599. The van der Waals surface area contributed by atoms with Crippen LogP contribution in [0.5, 0.6) is 0 Å². The normalized spacial score (nSPS) is 13.9. The third-order valence-corrected chi connectivity index (χ3v) is 5.75. The summed E-state index contributed by atoms with van der Waals surface area (Å²) in [5, 5.41) is 6.17. The number of nitrogens with zero attached hydrogens (tertiary/aromatic N) is 3. The van der Waals surface area contributed by atoms with E-state index >= 15 is 0 Å². The Balaban J connectivity index is 1.36. The summed E-state index contributed by atoms with van der Waals surface area (Å²) in [6.07, 6.45) is 2.43. The number of fused-ring (bicyclic) bond motifs is 4. The Morgan fingerprint density at radius 3 is 3.15 bits per heavy atom. The fraction of sp³-hybridized carbons (Fsp3) is 0.211. The van der Waals surface area contributed by atoms with Gasteiger partial charge in [-0.1, -0.05) is 12.1 Å². The first kappa shape index (κ1) is 15.3. The summed E-state index contributed by atoms with van der Waals surface area (Å²) in [6, 6.07) is 9.84. The van der Waals surface area contributed by atoms with Crippen LogP contribution >= 0.6 is 11.3 Å². The van der Waals surface area contributed by atoms with Gasteiger partial charge in [0.05, 0.1) is 6.54 Å². The second-order valence-electron chi connectivity index (χ2n) is 6.29. The zero-order valence-corrected chi connectivity index (χ0v) is 14.8. The lowest BCUT2D eigenvalue weighted by Gasteiger charge is -2.27. The van der Waals surface area contributed by atoms with Crippen LogP contribution in [-0.4, -0.2) is 33.9 Å². The number of carbonyl (C=O) groups is 1. The maximum atomic E-state index is 12.6. The molecule has 0 bridgehead atoms. The lowest BCUT2D eigenvalue weighted by atomic mass is 10.1. The van der Waals surface area contributed by atoms with E-state index in [2.05, 4.69) is 26.7 Å². The first-order valence-electron chi connectivity index (χ1n) is 8.49. The molecule has 0 radical (unpaired) electrons. The van der Waals surface area contributed by atoms with Gasteiger partial charge in [-0.05, 0) is 35.6 Å². The smallest absolute Gasteiger partial charge is 0.242 e. The number of rotatable bonds is 3. The molecule has 1 aromatic carbocycles. The van der Waals surface area contributed by atoms with Crippen molar-refractivity contribution >= 4 is 45.1 Å². The van der Waals surface area contributed by atoms with Crippen molar-refractivity contribution in [2.75, 3.05) is 18.4 Å². The Kier molecular flexibility index (Phi) is 3.60. The molecule has 4 heterocycles. The second-order valence-corrected chi connectivity index (χ2v) is 7.29. The molecule has 5 rings (SSSR count). The molecular formula is C19H16N4O2S. The van der Waals surface area contributed by atoms with Gasteiger partial charge in [-0.25, -0.2) is 9.97 Å². The van der Waals surface area contributed by atoms with Crippen molar-refractivity contribution in [2.45, 2.75) is 13.0 Å². The fourth-order valence-electron chi connectivity index (χ4n) is 3.38. The molecule has 1 aliphatic rings. The molecule has 7 heteroatoms. The highest BCUT2D eigenvalue weighted by Gasteiger charge is 2.22. The molecule has 0 saturated carbocycles. The molecule has 1 aliphatic heterocycles. The van der Waals surface area contributed by atoms with Crippen LogP contribution in [0.15, 0.2) is 46.5 Å². The largest absolute Gasteiger partial charge is 0.450 e. The van der Waals surface area contributed by atoms with Gasteiger partial charge < -0.3 is 14.6 Å². The van der Waals surface area contributed by atoms with E-state index in [1.165, 1.54) is 16.8 Å². The molecule has 0 fully saturated rings. The highest BCUT2D eigenvalue weighted by molar-refractivity contribution is 7.10. The van der Waals surface area contributed by atoms with E-state index in [4.69, 9.17) is 4.42 Å². The van der Waals surface area contributed by atoms with Crippen molar-refractivity contribution in [3.8, 4) is 0 Å². The van der Waals surface area contributed by atoms with Crippen LogP contribution in [0.2, 0.25) is 0 Å². The summed E-state index contributed by atoms with van der Waals surface area (Å²) in [5.41, 5.74) is 3.36. The van der Waals surface area contributed by atoms with E-state index < -0.39 is 0 Å². The molecule has 0 aliphatic carbocycles. The quantitative estimate of drug-likeness (QED) is 0.603. The number of hydrogen-bond donors (Lipinski definition) is 1. The van der Waals surface area contributed by atoms with Crippen LogP contribution in [0, 0.1) is 0 Å². The Hall–Kier alpha value is -2.93. The van der Waals surface area contributed by atoms with E-state index in [1.54, 1.807) is 11.3 Å². The van der Waals surface area contributed by atoms with Crippen molar-refractivity contribution in [1.29, 1.82) is 0 Å². The number of hydrogen-bond acceptors (Lipinski definition) is 6. The molecular weight excluding hydrogens is 348 g/mol. The highest BCUT2D eigenvalue weighted by Crippen LogP contribution is 2.30. The summed E-state index contributed by atoms with van der Waals surface area (Å²) in [4.78, 5) is 24.5.